The van der Waals surface area contributed by atoms with E-state index in [2.05, 4.69) is 0 Å². The molecular weight excluding hydrogens is 102 g/mol. The molecule has 0 aromatic heterocycles. The van der Waals surface area contributed by atoms with Gasteiger partial charge in [0.2, 0.25) is 10.0 Å². The van der Waals surface area contributed by atoms with Crippen LogP contribution in [-0.4, -0.2) is 21.6 Å². The second kappa shape index (κ2) is 1.57. The van der Waals surface area contributed by atoms with Crippen LogP contribution >= 0.6 is 0 Å². The van der Waals surface area contributed by atoms with Crippen molar-refractivity contribution in [2.75, 3.05) is 13.2 Å². The maximum Gasteiger partial charge on any atom is 0.208 e. The van der Waals surface area contributed by atoms with Crippen molar-refractivity contribution in [3.8, 4) is 0 Å². The van der Waals surface area contributed by atoms with Gasteiger partial charge in [-0.25, -0.2) is 13.1 Å². The van der Waals surface area contributed by atoms with Gasteiger partial charge in [-0.15, -0.1) is 0 Å². The Kier molecular flexibility index (Phi) is 0.597. The van der Waals surface area contributed by atoms with Crippen LogP contribution in [0.3, 0.4) is 0 Å². The minimum atomic E-state index is -3.59. The molecule has 0 fully saturated rings. The van der Waals surface area contributed by atoms with Crippen molar-refractivity contribution in [1.82, 2.24) is 4.72 Å². The van der Waals surface area contributed by atoms with Crippen molar-refractivity contribution in [2.45, 2.75) is 0 Å². The minimum Gasteiger partial charge on any atom is -0.219 e. The molecular formula is C2H7NO2S. The molecule has 0 aromatic rings. The van der Waals surface area contributed by atoms with E-state index in [0.29, 0.717) is 0 Å². The van der Waals surface area contributed by atoms with Gasteiger partial charge in [-0.1, -0.05) is 0 Å². The summed E-state index contributed by atoms with van der Waals surface area (Å²) in [5, 5.41) is 0. The number of nitrogens with one attached hydrogen (secondary N) is 1. The number of hydrogen-bond donors (Lipinski definition) is 1. The smallest absolute Gasteiger partial charge is 0.208 e. The molecule has 4 heteroatoms. The highest BCUT2D eigenvalue weighted by Gasteiger charge is 1.88. The second-order valence-electron chi connectivity index (χ2n) is 0.874. The summed E-state index contributed by atoms with van der Waals surface area (Å²) in [7, 11) is -3.59. The third kappa shape index (κ3) is 3.91. The van der Waals surface area contributed by atoms with E-state index in [1.165, 1.54) is 4.72 Å². The molecule has 0 saturated carbocycles. The summed E-state index contributed by atoms with van der Waals surface area (Å²) in [6, 6.07) is 0. The first-order valence-electron chi connectivity index (χ1n) is 2.70. The number of rotatable bonds is 1. The maximum atomic E-state index is 10.2. The predicted octanol–water partition coefficient (Wildman–Crippen LogP) is -0.835. The lowest BCUT2D eigenvalue weighted by Crippen LogP contribution is -2.15. The molecule has 38 valence electrons. The highest BCUT2D eigenvalue weighted by Crippen LogP contribution is 1.62. The standard InChI is InChI=1S/C2H7NO2S/c1-3-6(2,4)5/h3H,1-2H3/i1D3. The number of sulfonamides is 1. The summed E-state index contributed by atoms with van der Waals surface area (Å²) in [5.74, 6) is 0. The predicted molar refractivity (Wildman–Crippen MR) is 23.9 cm³/mol. The fraction of sp³-hybridized carbons (Fsp3) is 1.00. The Balaban J connectivity index is 4.07. The molecule has 0 saturated heterocycles. The lowest BCUT2D eigenvalue weighted by molar-refractivity contribution is 0.594. The third-order valence-corrected chi connectivity index (χ3v) is 0.556. The van der Waals surface area contributed by atoms with Gasteiger partial charge in [-0.05, 0) is 6.98 Å². The van der Waals surface area contributed by atoms with Gasteiger partial charge >= 0.3 is 0 Å². The lowest BCUT2D eigenvalue weighted by atomic mass is 11.6. The molecule has 3 nitrogen and oxygen atoms in total. The van der Waals surface area contributed by atoms with Gasteiger partial charge in [-0.3, -0.25) is 0 Å². The van der Waals surface area contributed by atoms with Crippen molar-refractivity contribution in [3.63, 3.8) is 0 Å². The fourth-order valence-electron chi connectivity index (χ4n) is 0. The lowest BCUT2D eigenvalue weighted by Gasteiger charge is -1.85. The Bertz CT molecular complexity index is 180. The first kappa shape index (κ1) is 2.28. The van der Waals surface area contributed by atoms with Gasteiger partial charge in [0.25, 0.3) is 0 Å². The van der Waals surface area contributed by atoms with Crippen molar-refractivity contribution < 1.29 is 12.5 Å². The first-order chi connectivity index (χ1) is 3.71. The zero-order chi connectivity index (χ0) is 7.71. The van der Waals surface area contributed by atoms with E-state index in [4.69, 9.17) is 4.11 Å². The van der Waals surface area contributed by atoms with Crippen LogP contribution in [0.2, 0.25) is 0 Å². The highest BCUT2D eigenvalue weighted by atomic mass is 32.2. The largest absolute Gasteiger partial charge is 0.219 e. The summed E-state index contributed by atoms with van der Waals surface area (Å²) in [6.45, 7) is -2.60. The molecule has 0 spiro atoms. The molecule has 0 aliphatic heterocycles. The van der Waals surface area contributed by atoms with E-state index in [-0.39, 0.29) is 0 Å². The summed E-state index contributed by atoms with van der Waals surface area (Å²) in [6.07, 6.45) is 0.791. The van der Waals surface area contributed by atoms with Gasteiger partial charge in [0.05, 0.1) is 6.26 Å². The molecule has 0 unspecified atom stereocenters. The van der Waals surface area contributed by atoms with Crippen LogP contribution in [0.4, 0.5) is 0 Å². The average Bonchev–Trinajstić information content (AvgIpc) is 1.14. The van der Waals surface area contributed by atoms with Gasteiger partial charge in [-0.2, -0.15) is 0 Å². The Morgan fingerprint density at radius 3 is 2.33 bits per heavy atom. The second-order valence-corrected chi connectivity index (χ2v) is 2.62. The first-order valence-corrected chi connectivity index (χ1v) is 3.09. The summed E-state index contributed by atoms with van der Waals surface area (Å²) in [5.41, 5.74) is 0. The van der Waals surface area contributed by atoms with Crippen LogP contribution in [0, 0.1) is 0 Å². The molecule has 0 amide bonds. The third-order valence-electron chi connectivity index (χ3n) is 0.185. The molecule has 6 heavy (non-hydrogen) atoms. The van der Waals surface area contributed by atoms with E-state index in [1.807, 2.05) is 0 Å². The van der Waals surface area contributed by atoms with Crippen LogP contribution in [0.15, 0.2) is 0 Å². The van der Waals surface area contributed by atoms with Crippen molar-refractivity contribution in [1.29, 1.82) is 0 Å². The van der Waals surface area contributed by atoms with Crippen LogP contribution in [0.1, 0.15) is 4.11 Å². The summed E-state index contributed by atoms with van der Waals surface area (Å²) < 4.78 is 41.1. The Morgan fingerprint density at radius 1 is 1.83 bits per heavy atom. The molecule has 0 bridgehead atoms. The van der Waals surface area contributed by atoms with Crippen molar-refractivity contribution in [3.05, 3.63) is 0 Å². The average molecular weight is 112 g/mol. The number of hydrogen-bond acceptors (Lipinski definition) is 2. The molecule has 0 aromatic carbocycles. The Labute approximate surface area is 41.6 Å². The molecule has 0 aliphatic rings. The van der Waals surface area contributed by atoms with Gasteiger partial charge in [0, 0.05) is 4.11 Å². The van der Waals surface area contributed by atoms with Gasteiger partial charge < -0.3 is 0 Å². The van der Waals surface area contributed by atoms with Crippen molar-refractivity contribution >= 4 is 10.0 Å². The molecule has 1 N–H and O–H groups in total. The van der Waals surface area contributed by atoms with Crippen molar-refractivity contribution in [2.24, 2.45) is 0 Å². The van der Waals surface area contributed by atoms with Crippen LogP contribution in [0.5, 0.6) is 0 Å². The molecule has 0 aliphatic carbocycles. The summed E-state index contributed by atoms with van der Waals surface area (Å²) >= 11 is 0. The topological polar surface area (TPSA) is 46.2 Å². The Morgan fingerprint density at radius 2 is 2.33 bits per heavy atom. The Hall–Kier alpha value is -0.0900. The van der Waals surface area contributed by atoms with Crippen LogP contribution < -0.4 is 4.72 Å². The zero-order valence-electron chi connectivity index (χ0n) is 6.22. The van der Waals surface area contributed by atoms with E-state index >= 15 is 0 Å². The zero-order valence-corrected chi connectivity index (χ0v) is 4.04. The fourth-order valence-corrected chi connectivity index (χ4v) is 0. The minimum absolute atomic E-state index is 0.791. The van der Waals surface area contributed by atoms with E-state index < -0.39 is 17.0 Å². The molecule has 0 rings (SSSR count). The van der Waals surface area contributed by atoms with E-state index in [1.54, 1.807) is 0 Å². The molecule has 0 atom stereocenters. The van der Waals surface area contributed by atoms with Crippen LogP contribution in [-0.2, 0) is 10.0 Å². The monoisotopic (exact) mass is 112 g/mol. The normalized spacial score (nSPS) is 21.2. The summed E-state index contributed by atoms with van der Waals surface area (Å²) in [4.78, 5) is 0. The maximum absolute atomic E-state index is 10.2. The van der Waals surface area contributed by atoms with Crippen LogP contribution in [0.25, 0.3) is 0 Å². The quantitative estimate of drug-likeness (QED) is 0.481. The molecule has 0 heterocycles. The van der Waals surface area contributed by atoms with Gasteiger partial charge in [0.1, 0.15) is 0 Å². The van der Waals surface area contributed by atoms with E-state index in [9.17, 15) is 8.42 Å². The van der Waals surface area contributed by atoms with Gasteiger partial charge in [0.15, 0.2) is 0 Å². The van der Waals surface area contributed by atoms with E-state index in [0.717, 1.165) is 6.26 Å². The molecule has 0 radical (unpaired) electrons. The SMILES string of the molecule is [2H]C([2H])([2H])NS(C)(=O)=O. The highest BCUT2D eigenvalue weighted by molar-refractivity contribution is 7.88.